The summed E-state index contributed by atoms with van der Waals surface area (Å²) in [6.45, 7) is 0. The molecular weight excluding hydrogens is 319 g/mol. The van der Waals surface area contributed by atoms with Crippen molar-refractivity contribution >= 4 is 17.5 Å². The van der Waals surface area contributed by atoms with Crippen LogP contribution in [-0.2, 0) is 0 Å². The number of hydrogen-bond acceptors (Lipinski definition) is 2. The first-order valence-corrected chi connectivity index (χ1v) is 8.60. The summed E-state index contributed by atoms with van der Waals surface area (Å²) in [6, 6.07) is 12.4. The molecule has 1 aliphatic rings. The third-order valence-corrected chi connectivity index (χ3v) is 4.43. The van der Waals surface area contributed by atoms with E-state index in [0.29, 0.717) is 16.8 Å². The maximum Gasteiger partial charge on any atom is 0.255 e. The molecule has 25 heavy (non-hydrogen) atoms. The lowest BCUT2D eigenvalue weighted by Crippen LogP contribution is -2.36. The van der Waals surface area contributed by atoms with E-state index < -0.39 is 0 Å². The molecule has 1 aliphatic carbocycles. The van der Waals surface area contributed by atoms with Crippen LogP contribution in [0.3, 0.4) is 0 Å². The molecule has 0 bridgehead atoms. The molecule has 0 unspecified atom stereocenters. The Morgan fingerprint density at radius 1 is 0.880 bits per heavy atom. The van der Waals surface area contributed by atoms with Crippen LogP contribution in [0.5, 0.6) is 0 Å². The van der Waals surface area contributed by atoms with E-state index in [-0.39, 0.29) is 23.7 Å². The van der Waals surface area contributed by atoms with Crippen molar-refractivity contribution in [1.29, 1.82) is 0 Å². The van der Waals surface area contributed by atoms with Crippen LogP contribution < -0.4 is 10.6 Å². The second kappa shape index (κ2) is 7.92. The van der Waals surface area contributed by atoms with Crippen LogP contribution >= 0.6 is 0 Å². The molecule has 1 saturated carbocycles. The Labute approximate surface area is 146 Å². The van der Waals surface area contributed by atoms with Gasteiger partial charge in [-0.1, -0.05) is 25.3 Å². The van der Waals surface area contributed by atoms with E-state index in [4.69, 9.17) is 0 Å². The lowest BCUT2D eigenvalue weighted by molar-refractivity contribution is 0.0927. The van der Waals surface area contributed by atoms with Gasteiger partial charge in [-0.2, -0.15) is 0 Å². The topological polar surface area (TPSA) is 58.2 Å². The monoisotopic (exact) mass is 340 g/mol. The molecule has 0 aromatic heterocycles. The van der Waals surface area contributed by atoms with E-state index in [1.165, 1.54) is 30.7 Å². The Balaban J connectivity index is 1.66. The standard InChI is InChI=1S/C20H21FN2O2/c21-16-9-11-18(12-10-16)23-20(25)15-6-4-5-14(13-15)19(24)22-17-7-2-1-3-8-17/h4-6,9-13,17H,1-3,7-8H2,(H,22,24)(H,23,25). The molecule has 0 saturated heterocycles. The van der Waals surface area contributed by atoms with E-state index >= 15 is 0 Å². The second-order valence-electron chi connectivity index (χ2n) is 6.35. The Morgan fingerprint density at radius 3 is 2.20 bits per heavy atom. The van der Waals surface area contributed by atoms with Gasteiger partial charge in [0.05, 0.1) is 0 Å². The fourth-order valence-electron chi connectivity index (χ4n) is 3.05. The number of anilines is 1. The zero-order valence-electron chi connectivity index (χ0n) is 13.9. The van der Waals surface area contributed by atoms with Crippen molar-refractivity contribution in [3.63, 3.8) is 0 Å². The first-order valence-electron chi connectivity index (χ1n) is 8.60. The molecule has 2 N–H and O–H groups in total. The number of nitrogens with one attached hydrogen (secondary N) is 2. The zero-order valence-corrected chi connectivity index (χ0v) is 13.9. The first kappa shape index (κ1) is 17.1. The molecule has 2 amide bonds. The molecule has 0 atom stereocenters. The predicted molar refractivity (Wildman–Crippen MR) is 95.1 cm³/mol. The van der Waals surface area contributed by atoms with Crippen molar-refractivity contribution in [3.8, 4) is 0 Å². The van der Waals surface area contributed by atoms with Crippen molar-refractivity contribution in [3.05, 3.63) is 65.5 Å². The second-order valence-corrected chi connectivity index (χ2v) is 6.35. The molecule has 0 aliphatic heterocycles. The number of halogens is 1. The Bertz CT molecular complexity index is 753. The van der Waals surface area contributed by atoms with Gasteiger partial charge in [0.2, 0.25) is 0 Å². The summed E-state index contributed by atoms with van der Waals surface area (Å²) in [5.74, 6) is -0.846. The molecule has 0 heterocycles. The van der Waals surface area contributed by atoms with Gasteiger partial charge >= 0.3 is 0 Å². The van der Waals surface area contributed by atoms with Gasteiger partial charge in [0, 0.05) is 22.9 Å². The highest BCUT2D eigenvalue weighted by Crippen LogP contribution is 2.18. The zero-order chi connectivity index (χ0) is 17.6. The predicted octanol–water partition coefficient (Wildman–Crippen LogP) is 4.14. The summed E-state index contributed by atoms with van der Waals surface area (Å²) in [5.41, 5.74) is 1.36. The third-order valence-electron chi connectivity index (χ3n) is 4.43. The fourth-order valence-corrected chi connectivity index (χ4v) is 3.05. The normalized spacial score (nSPS) is 14.8. The van der Waals surface area contributed by atoms with Gasteiger partial charge in [0.15, 0.2) is 0 Å². The minimum absolute atomic E-state index is 0.150. The largest absolute Gasteiger partial charge is 0.349 e. The summed E-state index contributed by atoms with van der Waals surface area (Å²) < 4.78 is 12.9. The smallest absolute Gasteiger partial charge is 0.255 e. The Hall–Kier alpha value is -2.69. The lowest BCUT2D eigenvalue weighted by atomic mass is 9.95. The maximum absolute atomic E-state index is 12.9. The molecule has 3 rings (SSSR count). The Kier molecular flexibility index (Phi) is 5.43. The summed E-state index contributed by atoms with van der Waals surface area (Å²) >= 11 is 0. The molecule has 130 valence electrons. The summed E-state index contributed by atoms with van der Waals surface area (Å²) in [4.78, 5) is 24.7. The van der Waals surface area contributed by atoms with Crippen LogP contribution in [0.15, 0.2) is 48.5 Å². The van der Waals surface area contributed by atoms with Crippen LogP contribution in [0.2, 0.25) is 0 Å². The molecular formula is C20H21FN2O2. The van der Waals surface area contributed by atoms with E-state index in [9.17, 15) is 14.0 Å². The summed E-state index contributed by atoms with van der Waals surface area (Å²) in [5, 5.41) is 5.74. The SMILES string of the molecule is O=C(Nc1ccc(F)cc1)c1cccc(C(=O)NC2CCCCC2)c1. The van der Waals surface area contributed by atoms with Gasteiger partial charge in [-0.3, -0.25) is 9.59 Å². The lowest BCUT2D eigenvalue weighted by Gasteiger charge is -2.22. The molecule has 0 spiro atoms. The van der Waals surface area contributed by atoms with Gasteiger partial charge in [-0.05, 0) is 55.3 Å². The number of benzene rings is 2. The minimum atomic E-state index is -0.362. The average molecular weight is 340 g/mol. The highest BCUT2D eigenvalue weighted by Gasteiger charge is 2.17. The van der Waals surface area contributed by atoms with Crippen LogP contribution in [0.4, 0.5) is 10.1 Å². The molecule has 0 radical (unpaired) electrons. The third kappa shape index (κ3) is 4.66. The summed E-state index contributed by atoms with van der Waals surface area (Å²) in [7, 11) is 0. The van der Waals surface area contributed by atoms with Gasteiger partial charge in [0.25, 0.3) is 11.8 Å². The average Bonchev–Trinajstić information content (AvgIpc) is 2.64. The van der Waals surface area contributed by atoms with Crippen LogP contribution in [-0.4, -0.2) is 17.9 Å². The molecule has 2 aromatic carbocycles. The highest BCUT2D eigenvalue weighted by molar-refractivity contribution is 6.06. The van der Waals surface area contributed by atoms with Crippen molar-refractivity contribution in [1.82, 2.24) is 5.32 Å². The van der Waals surface area contributed by atoms with Gasteiger partial charge in [0.1, 0.15) is 5.82 Å². The van der Waals surface area contributed by atoms with Crippen molar-refractivity contribution in [2.24, 2.45) is 0 Å². The number of carbonyl (C=O) groups is 2. The van der Waals surface area contributed by atoms with Crippen LogP contribution in [0, 0.1) is 5.82 Å². The fraction of sp³-hybridized carbons (Fsp3) is 0.300. The van der Waals surface area contributed by atoms with E-state index in [2.05, 4.69) is 10.6 Å². The van der Waals surface area contributed by atoms with Crippen LogP contribution in [0.1, 0.15) is 52.8 Å². The summed E-state index contributed by atoms with van der Waals surface area (Å²) in [6.07, 6.45) is 5.54. The number of hydrogen-bond donors (Lipinski definition) is 2. The highest BCUT2D eigenvalue weighted by atomic mass is 19.1. The van der Waals surface area contributed by atoms with Crippen molar-refractivity contribution in [2.75, 3.05) is 5.32 Å². The molecule has 4 nitrogen and oxygen atoms in total. The van der Waals surface area contributed by atoms with Crippen molar-refractivity contribution in [2.45, 2.75) is 38.1 Å². The quantitative estimate of drug-likeness (QED) is 0.879. The van der Waals surface area contributed by atoms with Gasteiger partial charge < -0.3 is 10.6 Å². The Morgan fingerprint density at radius 2 is 1.52 bits per heavy atom. The first-order chi connectivity index (χ1) is 12.1. The number of carbonyl (C=O) groups excluding carboxylic acids is 2. The van der Waals surface area contributed by atoms with E-state index in [1.807, 2.05) is 0 Å². The minimum Gasteiger partial charge on any atom is -0.349 e. The van der Waals surface area contributed by atoms with Gasteiger partial charge in [-0.15, -0.1) is 0 Å². The number of amides is 2. The molecule has 1 fully saturated rings. The van der Waals surface area contributed by atoms with Gasteiger partial charge in [-0.25, -0.2) is 4.39 Å². The molecule has 5 heteroatoms. The van der Waals surface area contributed by atoms with Crippen LogP contribution in [0.25, 0.3) is 0 Å². The van der Waals surface area contributed by atoms with E-state index in [1.54, 1.807) is 24.3 Å². The maximum atomic E-state index is 12.9. The molecule has 2 aromatic rings. The van der Waals surface area contributed by atoms with Crippen molar-refractivity contribution < 1.29 is 14.0 Å². The number of rotatable bonds is 4. The van der Waals surface area contributed by atoms with E-state index in [0.717, 1.165) is 25.7 Å².